The minimum atomic E-state index is -0.500. The van der Waals surface area contributed by atoms with Crippen molar-refractivity contribution < 1.29 is 14.5 Å². The van der Waals surface area contributed by atoms with Gasteiger partial charge >= 0.3 is 0 Å². The number of carbonyl (C=O) groups excluding carboxylic acids is 1. The minimum absolute atomic E-state index is 0.0864. The molecule has 2 heterocycles. The fourth-order valence-corrected chi connectivity index (χ4v) is 3.33. The van der Waals surface area contributed by atoms with E-state index in [0.29, 0.717) is 24.8 Å². The van der Waals surface area contributed by atoms with Gasteiger partial charge in [0.05, 0.1) is 24.0 Å². The maximum Gasteiger partial charge on any atom is 0.294 e. The van der Waals surface area contributed by atoms with E-state index < -0.39 is 4.92 Å². The second-order valence-electron chi connectivity index (χ2n) is 7.29. The number of rotatable bonds is 7. The number of nitrogens with one attached hydrogen (secondary N) is 1. The number of benzene rings is 1. The van der Waals surface area contributed by atoms with Crippen molar-refractivity contribution in [2.45, 2.75) is 20.0 Å². The quantitative estimate of drug-likeness (QED) is 0.575. The molecule has 1 aliphatic rings. The third-order valence-electron chi connectivity index (χ3n) is 4.55. The normalized spacial score (nSPS) is 17.6. The van der Waals surface area contributed by atoms with Gasteiger partial charge in [0.25, 0.3) is 11.6 Å². The monoisotopic (exact) mass is 387 g/mol. The fraction of sp³-hybridized carbons (Fsp3) is 0.474. The van der Waals surface area contributed by atoms with E-state index in [1.165, 1.54) is 18.6 Å². The number of hydrogen-bond donors (Lipinski definition) is 1. The molecule has 0 saturated carbocycles. The van der Waals surface area contributed by atoms with Crippen molar-refractivity contribution in [2.24, 2.45) is 5.92 Å². The Kier molecular flexibility index (Phi) is 6.37. The highest BCUT2D eigenvalue weighted by molar-refractivity contribution is 5.95. The van der Waals surface area contributed by atoms with Crippen LogP contribution in [0.2, 0.25) is 0 Å². The Labute approximate surface area is 163 Å². The van der Waals surface area contributed by atoms with Gasteiger partial charge in [-0.15, -0.1) is 0 Å². The van der Waals surface area contributed by atoms with E-state index in [9.17, 15) is 14.9 Å². The van der Waals surface area contributed by atoms with Crippen LogP contribution in [0.25, 0.3) is 5.69 Å². The summed E-state index contributed by atoms with van der Waals surface area (Å²) in [6.07, 6.45) is 4.55. The SMILES string of the molecule is CC(C)CN1CCOC(CNC(=O)c2ccc(-n3ccnc3)c([N+](=O)[O-])c2)C1. The molecule has 9 nitrogen and oxygen atoms in total. The number of nitro benzene ring substituents is 1. The van der Waals surface area contributed by atoms with Gasteiger partial charge in [-0.1, -0.05) is 13.8 Å². The number of aromatic nitrogens is 2. The topological polar surface area (TPSA) is 103 Å². The lowest BCUT2D eigenvalue weighted by Gasteiger charge is -2.33. The Morgan fingerprint density at radius 1 is 1.46 bits per heavy atom. The predicted molar refractivity (Wildman–Crippen MR) is 104 cm³/mol. The van der Waals surface area contributed by atoms with E-state index in [-0.39, 0.29) is 23.3 Å². The Balaban J connectivity index is 1.64. The van der Waals surface area contributed by atoms with Gasteiger partial charge in [-0.2, -0.15) is 0 Å². The van der Waals surface area contributed by atoms with E-state index in [0.717, 1.165) is 19.6 Å². The van der Waals surface area contributed by atoms with Crippen LogP contribution in [0.4, 0.5) is 5.69 Å². The van der Waals surface area contributed by atoms with Gasteiger partial charge in [-0.3, -0.25) is 19.8 Å². The molecule has 1 N–H and O–H groups in total. The Morgan fingerprint density at radius 2 is 2.29 bits per heavy atom. The second kappa shape index (κ2) is 8.94. The maximum atomic E-state index is 12.5. The molecule has 0 bridgehead atoms. The summed E-state index contributed by atoms with van der Waals surface area (Å²) in [5.41, 5.74) is 0.451. The summed E-state index contributed by atoms with van der Waals surface area (Å²) in [6.45, 7) is 8.00. The fourth-order valence-electron chi connectivity index (χ4n) is 3.33. The number of nitrogens with zero attached hydrogens (tertiary/aromatic N) is 4. The lowest BCUT2D eigenvalue weighted by molar-refractivity contribution is -0.384. The standard InChI is InChI=1S/C19H25N5O4/c1-14(2)11-22-7-8-28-16(12-22)10-21-19(25)15-3-4-17(18(9-15)24(26)27)23-6-5-20-13-23/h3-6,9,13-14,16H,7-8,10-12H2,1-2H3,(H,21,25). The lowest BCUT2D eigenvalue weighted by Crippen LogP contribution is -2.48. The number of ether oxygens (including phenoxy) is 1. The summed E-state index contributed by atoms with van der Waals surface area (Å²) in [4.78, 5) is 29.7. The van der Waals surface area contributed by atoms with E-state index >= 15 is 0 Å². The van der Waals surface area contributed by atoms with Gasteiger partial charge in [0.1, 0.15) is 5.69 Å². The highest BCUT2D eigenvalue weighted by Gasteiger charge is 2.23. The third kappa shape index (κ3) is 4.93. The van der Waals surface area contributed by atoms with Crippen LogP contribution in [0.1, 0.15) is 24.2 Å². The molecule has 1 aromatic heterocycles. The first-order valence-electron chi connectivity index (χ1n) is 9.33. The van der Waals surface area contributed by atoms with Crippen LogP contribution < -0.4 is 5.32 Å². The van der Waals surface area contributed by atoms with Gasteiger partial charge in [0, 0.05) is 50.2 Å². The number of hydrogen-bond acceptors (Lipinski definition) is 6. The highest BCUT2D eigenvalue weighted by atomic mass is 16.6. The molecule has 2 aromatic rings. The van der Waals surface area contributed by atoms with Crippen molar-refractivity contribution in [3.8, 4) is 5.69 Å². The molecule has 1 fully saturated rings. The first kappa shape index (κ1) is 20.0. The van der Waals surface area contributed by atoms with Gasteiger partial charge in [-0.25, -0.2) is 4.98 Å². The molecule has 150 valence electrons. The van der Waals surface area contributed by atoms with E-state index in [2.05, 4.69) is 29.0 Å². The van der Waals surface area contributed by atoms with Crippen molar-refractivity contribution in [1.29, 1.82) is 0 Å². The predicted octanol–water partition coefficient (Wildman–Crippen LogP) is 1.87. The van der Waals surface area contributed by atoms with Crippen LogP contribution in [-0.4, -0.2) is 64.2 Å². The Hall–Kier alpha value is -2.78. The van der Waals surface area contributed by atoms with Crippen LogP contribution in [-0.2, 0) is 4.74 Å². The highest BCUT2D eigenvalue weighted by Crippen LogP contribution is 2.24. The number of nitro groups is 1. The first-order valence-corrected chi connectivity index (χ1v) is 9.33. The van der Waals surface area contributed by atoms with Crippen LogP contribution in [0, 0.1) is 16.0 Å². The molecule has 1 aliphatic heterocycles. The molecule has 1 saturated heterocycles. The molecule has 1 aromatic carbocycles. The Bertz CT molecular complexity index is 822. The van der Waals surface area contributed by atoms with Gasteiger partial charge in [0.15, 0.2) is 0 Å². The van der Waals surface area contributed by atoms with Crippen LogP contribution in [0.5, 0.6) is 0 Å². The number of morpholine rings is 1. The van der Waals surface area contributed by atoms with Crippen LogP contribution >= 0.6 is 0 Å². The van der Waals surface area contributed by atoms with Crippen molar-refractivity contribution in [2.75, 3.05) is 32.8 Å². The third-order valence-corrected chi connectivity index (χ3v) is 4.55. The molecule has 3 rings (SSSR count). The molecule has 0 spiro atoms. The van der Waals surface area contributed by atoms with Crippen molar-refractivity contribution in [3.63, 3.8) is 0 Å². The molecular weight excluding hydrogens is 362 g/mol. The molecule has 28 heavy (non-hydrogen) atoms. The average Bonchev–Trinajstić information content (AvgIpc) is 3.20. The Morgan fingerprint density at radius 3 is 2.96 bits per heavy atom. The van der Waals surface area contributed by atoms with Crippen molar-refractivity contribution in [1.82, 2.24) is 19.8 Å². The smallest absolute Gasteiger partial charge is 0.294 e. The molecule has 9 heteroatoms. The van der Waals surface area contributed by atoms with Gasteiger partial charge < -0.3 is 14.6 Å². The van der Waals surface area contributed by atoms with Gasteiger partial charge in [0.2, 0.25) is 0 Å². The van der Waals surface area contributed by atoms with E-state index in [1.807, 2.05) is 0 Å². The summed E-state index contributed by atoms with van der Waals surface area (Å²) in [6, 6.07) is 4.41. The second-order valence-corrected chi connectivity index (χ2v) is 7.29. The van der Waals surface area contributed by atoms with Crippen molar-refractivity contribution >= 4 is 11.6 Å². The molecule has 0 aliphatic carbocycles. The summed E-state index contributed by atoms with van der Waals surface area (Å²) < 4.78 is 7.27. The number of amides is 1. The number of carbonyl (C=O) groups is 1. The lowest BCUT2D eigenvalue weighted by atomic mass is 10.1. The van der Waals surface area contributed by atoms with E-state index in [1.54, 1.807) is 22.9 Å². The summed E-state index contributed by atoms with van der Waals surface area (Å²) in [7, 11) is 0. The summed E-state index contributed by atoms with van der Waals surface area (Å²) in [5.74, 6) is 0.216. The molecule has 1 amide bonds. The average molecular weight is 387 g/mol. The van der Waals surface area contributed by atoms with Crippen LogP contribution in [0.15, 0.2) is 36.9 Å². The van der Waals surface area contributed by atoms with E-state index in [4.69, 9.17) is 4.74 Å². The van der Waals surface area contributed by atoms with Gasteiger partial charge in [-0.05, 0) is 18.1 Å². The zero-order valence-corrected chi connectivity index (χ0v) is 16.1. The first-order chi connectivity index (χ1) is 13.4. The molecule has 1 unspecified atom stereocenters. The molecule has 1 atom stereocenters. The number of imidazole rings is 1. The zero-order valence-electron chi connectivity index (χ0n) is 16.1. The van der Waals surface area contributed by atoms with Crippen molar-refractivity contribution in [3.05, 3.63) is 52.6 Å². The summed E-state index contributed by atoms with van der Waals surface area (Å²) >= 11 is 0. The van der Waals surface area contributed by atoms with Crippen LogP contribution in [0.3, 0.4) is 0 Å². The maximum absolute atomic E-state index is 12.5. The summed E-state index contributed by atoms with van der Waals surface area (Å²) in [5, 5.41) is 14.3. The molecule has 0 radical (unpaired) electrons. The minimum Gasteiger partial charge on any atom is -0.374 e. The molecular formula is C19H25N5O4. The largest absolute Gasteiger partial charge is 0.374 e. The zero-order chi connectivity index (χ0) is 20.1.